The second-order valence-electron chi connectivity index (χ2n) is 6.17. The quantitative estimate of drug-likeness (QED) is 0.582. The van der Waals surface area contributed by atoms with Gasteiger partial charge in [-0.05, 0) is 42.8 Å². The molecule has 0 radical (unpaired) electrons. The zero-order valence-electron chi connectivity index (χ0n) is 14.8. The largest absolute Gasteiger partial charge is 0.336 e. The molecule has 1 amide bonds. The van der Waals surface area contributed by atoms with Crippen LogP contribution in [0.5, 0.6) is 0 Å². The number of hydrogen-bond donors (Lipinski definition) is 1. The van der Waals surface area contributed by atoms with Crippen LogP contribution >= 0.6 is 0 Å². The van der Waals surface area contributed by atoms with Crippen LogP contribution in [0, 0.1) is 6.92 Å². The fraction of sp³-hybridized carbons (Fsp3) is 0.0952. The normalized spacial score (nSPS) is 10.7. The highest BCUT2D eigenvalue weighted by molar-refractivity contribution is 6.03. The number of nitrogens with zero attached hydrogens (tertiary/aromatic N) is 3. The fourth-order valence-corrected chi connectivity index (χ4v) is 2.83. The Morgan fingerprint density at radius 1 is 1.04 bits per heavy atom. The van der Waals surface area contributed by atoms with Crippen molar-refractivity contribution in [2.24, 2.45) is 0 Å². The molecule has 0 fully saturated rings. The van der Waals surface area contributed by atoms with Crippen LogP contribution < -0.4 is 5.32 Å². The van der Waals surface area contributed by atoms with Crippen LogP contribution in [0.25, 0.3) is 11.5 Å². The van der Waals surface area contributed by atoms with Crippen molar-refractivity contribution in [1.82, 2.24) is 14.7 Å². The van der Waals surface area contributed by atoms with Crippen molar-refractivity contribution in [3.8, 4) is 11.5 Å². The monoisotopic (exact) mass is 358 g/mol. The maximum absolute atomic E-state index is 12.7. The Labute approximate surface area is 156 Å². The Morgan fingerprint density at radius 2 is 1.81 bits per heavy atom. The van der Waals surface area contributed by atoms with Gasteiger partial charge in [-0.2, -0.15) is 4.98 Å². The van der Waals surface area contributed by atoms with Gasteiger partial charge in [0.05, 0.1) is 6.54 Å². The first-order chi connectivity index (χ1) is 13.2. The molecule has 27 heavy (non-hydrogen) atoms. The number of amides is 1. The van der Waals surface area contributed by atoms with E-state index >= 15 is 0 Å². The zero-order chi connectivity index (χ0) is 18.6. The van der Waals surface area contributed by atoms with Crippen LogP contribution in [0.15, 0.2) is 77.4 Å². The lowest BCUT2D eigenvalue weighted by Gasteiger charge is -2.10. The Balaban J connectivity index is 1.52. The van der Waals surface area contributed by atoms with Crippen LogP contribution in [0.1, 0.15) is 21.9 Å². The number of anilines is 1. The second kappa shape index (κ2) is 7.29. The molecular formula is C21H18N4O2. The topological polar surface area (TPSA) is 73.0 Å². The number of nitrogens with one attached hydrogen (secondary N) is 1. The average molecular weight is 358 g/mol. The summed E-state index contributed by atoms with van der Waals surface area (Å²) < 4.78 is 7.14. The molecule has 2 heterocycles. The third-order valence-corrected chi connectivity index (χ3v) is 4.26. The van der Waals surface area contributed by atoms with E-state index in [4.69, 9.17) is 4.52 Å². The molecule has 1 N–H and O–H groups in total. The number of rotatable bonds is 5. The van der Waals surface area contributed by atoms with Crippen LogP contribution in [0.4, 0.5) is 5.69 Å². The number of hydrogen-bond acceptors (Lipinski definition) is 4. The van der Waals surface area contributed by atoms with Gasteiger partial charge in [0.1, 0.15) is 5.69 Å². The van der Waals surface area contributed by atoms with E-state index in [-0.39, 0.29) is 5.91 Å². The number of aryl methyl sites for hydroxylation is 1. The molecular weight excluding hydrogens is 340 g/mol. The van der Waals surface area contributed by atoms with Crippen molar-refractivity contribution in [1.29, 1.82) is 0 Å². The number of aromatic nitrogens is 3. The van der Waals surface area contributed by atoms with Crippen LogP contribution in [0.2, 0.25) is 0 Å². The van der Waals surface area contributed by atoms with Crippen LogP contribution in [-0.4, -0.2) is 20.6 Å². The molecule has 134 valence electrons. The van der Waals surface area contributed by atoms with Gasteiger partial charge in [-0.25, -0.2) is 0 Å². The van der Waals surface area contributed by atoms with Gasteiger partial charge in [0.15, 0.2) is 5.82 Å². The first-order valence-electron chi connectivity index (χ1n) is 8.61. The van der Waals surface area contributed by atoms with Gasteiger partial charge in [-0.3, -0.25) is 4.79 Å². The summed E-state index contributed by atoms with van der Waals surface area (Å²) in [6.07, 6.45) is 1.82. The van der Waals surface area contributed by atoms with Crippen LogP contribution in [-0.2, 0) is 6.54 Å². The summed E-state index contributed by atoms with van der Waals surface area (Å²) in [5, 5.41) is 6.97. The van der Waals surface area contributed by atoms with Crippen LogP contribution in [0.3, 0.4) is 0 Å². The lowest BCUT2D eigenvalue weighted by Crippen LogP contribution is -2.18. The number of carbonyl (C=O) groups is 1. The first kappa shape index (κ1) is 16.8. The molecule has 0 aliphatic carbocycles. The molecule has 0 saturated heterocycles. The molecule has 6 nitrogen and oxygen atoms in total. The predicted molar refractivity (Wildman–Crippen MR) is 102 cm³/mol. The molecule has 0 spiro atoms. The van der Waals surface area contributed by atoms with E-state index in [0.29, 0.717) is 24.0 Å². The van der Waals surface area contributed by atoms with E-state index in [1.807, 2.05) is 73.8 Å². The van der Waals surface area contributed by atoms with E-state index in [1.165, 1.54) is 0 Å². The lowest BCUT2D eigenvalue weighted by atomic mass is 10.2. The van der Waals surface area contributed by atoms with E-state index in [1.54, 1.807) is 10.6 Å². The molecule has 4 rings (SSSR count). The Bertz CT molecular complexity index is 1070. The third-order valence-electron chi connectivity index (χ3n) is 4.26. The maximum Gasteiger partial charge on any atom is 0.272 e. The van der Waals surface area contributed by atoms with Gasteiger partial charge in [0.25, 0.3) is 11.8 Å². The first-order valence-corrected chi connectivity index (χ1v) is 8.61. The molecule has 2 aromatic heterocycles. The van der Waals surface area contributed by atoms with Gasteiger partial charge in [-0.1, -0.05) is 41.6 Å². The Kier molecular flexibility index (Phi) is 4.53. The van der Waals surface area contributed by atoms with Gasteiger partial charge in [0.2, 0.25) is 0 Å². The molecule has 0 aliphatic heterocycles. The van der Waals surface area contributed by atoms with Gasteiger partial charge < -0.3 is 14.4 Å². The van der Waals surface area contributed by atoms with E-state index < -0.39 is 0 Å². The molecule has 0 atom stereocenters. The summed E-state index contributed by atoms with van der Waals surface area (Å²) in [5.74, 6) is 0.791. The van der Waals surface area contributed by atoms with E-state index in [9.17, 15) is 4.79 Å². The highest BCUT2D eigenvalue weighted by atomic mass is 16.5. The molecule has 2 aromatic carbocycles. The maximum atomic E-state index is 12.7. The summed E-state index contributed by atoms with van der Waals surface area (Å²) in [5.41, 5.74) is 3.20. The molecule has 6 heteroatoms. The average Bonchev–Trinajstić information content (AvgIpc) is 3.34. The summed E-state index contributed by atoms with van der Waals surface area (Å²) in [7, 11) is 0. The van der Waals surface area contributed by atoms with Gasteiger partial charge >= 0.3 is 0 Å². The Morgan fingerprint density at radius 3 is 2.63 bits per heavy atom. The van der Waals surface area contributed by atoms with Crippen molar-refractivity contribution >= 4 is 11.6 Å². The van der Waals surface area contributed by atoms with Crippen molar-refractivity contribution in [2.75, 3.05) is 5.32 Å². The third kappa shape index (κ3) is 3.64. The lowest BCUT2D eigenvalue weighted by molar-refractivity contribution is 0.101. The summed E-state index contributed by atoms with van der Waals surface area (Å²) >= 11 is 0. The van der Waals surface area contributed by atoms with Crippen molar-refractivity contribution in [3.05, 3.63) is 90.0 Å². The van der Waals surface area contributed by atoms with Crippen molar-refractivity contribution < 1.29 is 9.32 Å². The molecule has 0 unspecified atom stereocenters. The van der Waals surface area contributed by atoms with Gasteiger partial charge in [-0.15, -0.1) is 0 Å². The summed E-state index contributed by atoms with van der Waals surface area (Å²) in [4.78, 5) is 17.1. The highest BCUT2D eigenvalue weighted by Crippen LogP contribution is 2.18. The smallest absolute Gasteiger partial charge is 0.272 e. The van der Waals surface area contributed by atoms with Crippen molar-refractivity contribution in [2.45, 2.75) is 13.5 Å². The SMILES string of the molecule is Cc1ccccc1NC(=O)c1cccn1Cc1noc(-c2ccccc2)n1. The minimum absolute atomic E-state index is 0.180. The molecule has 4 aromatic rings. The van der Waals surface area contributed by atoms with Crippen molar-refractivity contribution in [3.63, 3.8) is 0 Å². The molecule has 0 bridgehead atoms. The fourth-order valence-electron chi connectivity index (χ4n) is 2.83. The minimum atomic E-state index is -0.180. The number of benzene rings is 2. The summed E-state index contributed by atoms with van der Waals surface area (Å²) in [6.45, 7) is 2.30. The molecule has 0 aliphatic rings. The standard InChI is InChI=1S/C21H18N4O2/c1-15-8-5-6-11-17(15)22-20(26)18-12-7-13-25(18)14-19-23-21(27-24-19)16-9-3-2-4-10-16/h2-13H,14H2,1H3,(H,22,26). The van der Waals surface area contributed by atoms with E-state index in [2.05, 4.69) is 15.5 Å². The van der Waals surface area contributed by atoms with E-state index in [0.717, 1.165) is 16.8 Å². The number of carbonyl (C=O) groups excluding carboxylic acids is 1. The second-order valence-corrected chi connectivity index (χ2v) is 6.17. The van der Waals surface area contributed by atoms with Gasteiger partial charge in [0, 0.05) is 17.4 Å². The zero-order valence-corrected chi connectivity index (χ0v) is 14.8. The highest BCUT2D eigenvalue weighted by Gasteiger charge is 2.15. The Hall–Kier alpha value is -3.67. The predicted octanol–water partition coefficient (Wildman–Crippen LogP) is 4.15. The minimum Gasteiger partial charge on any atom is -0.336 e. The summed E-state index contributed by atoms with van der Waals surface area (Å²) in [6, 6.07) is 20.8. The molecule has 0 saturated carbocycles. The number of para-hydroxylation sites is 1.